The van der Waals surface area contributed by atoms with E-state index < -0.39 is 0 Å². The second-order valence-electron chi connectivity index (χ2n) is 7.54. The van der Waals surface area contributed by atoms with Crippen LogP contribution in [0, 0.1) is 5.41 Å². The Morgan fingerprint density at radius 2 is 1.67 bits per heavy atom. The fourth-order valence-corrected chi connectivity index (χ4v) is 4.18. The van der Waals surface area contributed by atoms with Crippen molar-refractivity contribution in [3.05, 3.63) is 50.5 Å². The zero-order valence-electron chi connectivity index (χ0n) is 14.1. The van der Waals surface area contributed by atoms with Gasteiger partial charge in [0.05, 0.1) is 22.5 Å². The van der Waals surface area contributed by atoms with Gasteiger partial charge in [0.15, 0.2) is 5.78 Å². The van der Waals surface area contributed by atoms with Crippen LogP contribution < -0.4 is 11.1 Å². The molecule has 0 spiro atoms. The quantitative estimate of drug-likeness (QED) is 0.810. The Kier molecular flexibility index (Phi) is 3.02. The lowest BCUT2D eigenvalue weighted by Gasteiger charge is -2.29. The average molecular weight is 324 g/mol. The number of fused-ring (bicyclic) bond motifs is 3. The monoisotopic (exact) mass is 324 g/mol. The number of carbonyl (C=O) groups is 1. The highest BCUT2D eigenvalue weighted by Crippen LogP contribution is 2.45. The summed E-state index contributed by atoms with van der Waals surface area (Å²) in [4.78, 5) is 38.8. The van der Waals surface area contributed by atoms with Crippen molar-refractivity contribution in [1.29, 1.82) is 0 Å². The predicted molar refractivity (Wildman–Crippen MR) is 93.0 cm³/mol. The van der Waals surface area contributed by atoms with Crippen LogP contribution in [0.4, 0.5) is 0 Å². The summed E-state index contributed by atoms with van der Waals surface area (Å²) in [6.07, 6.45) is 1.70. The van der Waals surface area contributed by atoms with Crippen LogP contribution in [0.15, 0.2) is 39.4 Å². The summed E-state index contributed by atoms with van der Waals surface area (Å²) in [5, 5.41) is 0.835. The van der Waals surface area contributed by atoms with E-state index in [1.54, 1.807) is 24.3 Å². The van der Waals surface area contributed by atoms with Crippen LogP contribution in [-0.2, 0) is 4.79 Å². The molecule has 0 fully saturated rings. The Hall–Kier alpha value is -2.43. The maximum Gasteiger partial charge on any atom is 0.277 e. The number of hydrogen-bond acceptors (Lipinski definition) is 3. The van der Waals surface area contributed by atoms with Crippen LogP contribution >= 0.6 is 0 Å². The highest BCUT2D eigenvalue weighted by molar-refractivity contribution is 6.04. The van der Waals surface area contributed by atoms with Crippen LogP contribution in [0.25, 0.3) is 16.5 Å². The standard InChI is InChI=1S/C19H20N2O3/c1-4-13-16-14(9-19(2,3)10-15(16)22)21-18(24)12-8-6-5-7-11(12)17(23)20(13)21/h5-8,13H,4,9-10H2,1-3H3. The molecular formula is C19H20N2O3. The van der Waals surface area contributed by atoms with E-state index in [4.69, 9.17) is 0 Å². The van der Waals surface area contributed by atoms with Crippen LogP contribution in [0.1, 0.15) is 46.1 Å². The van der Waals surface area contributed by atoms with Gasteiger partial charge in [0.1, 0.15) is 0 Å². The smallest absolute Gasteiger partial charge is 0.277 e. The molecule has 0 amide bonds. The molecule has 0 N–H and O–H groups in total. The van der Waals surface area contributed by atoms with Gasteiger partial charge in [-0.15, -0.1) is 0 Å². The molecule has 1 unspecified atom stereocenters. The zero-order valence-corrected chi connectivity index (χ0v) is 14.1. The molecule has 0 radical (unpaired) electrons. The summed E-state index contributed by atoms with van der Waals surface area (Å²) in [6.45, 7) is 6.01. The Morgan fingerprint density at radius 1 is 1.04 bits per heavy atom. The maximum absolute atomic E-state index is 13.1. The minimum atomic E-state index is -0.339. The minimum absolute atomic E-state index is 0.0622. The molecule has 2 heterocycles. The molecule has 1 aliphatic carbocycles. The summed E-state index contributed by atoms with van der Waals surface area (Å²) in [7, 11) is 0. The normalized spacial score (nSPS) is 22.0. The van der Waals surface area contributed by atoms with E-state index in [1.165, 1.54) is 9.36 Å². The molecule has 4 rings (SSSR count). The third-order valence-electron chi connectivity index (χ3n) is 5.17. The van der Waals surface area contributed by atoms with E-state index in [9.17, 15) is 14.4 Å². The lowest BCUT2D eigenvalue weighted by atomic mass is 9.74. The SMILES string of the molecule is CCC1C2=C(CC(C)(C)CC2=O)n2c(=O)c3ccccc3c(=O)n21. The average Bonchev–Trinajstić information content (AvgIpc) is 2.86. The van der Waals surface area contributed by atoms with Gasteiger partial charge in [-0.05, 0) is 30.4 Å². The summed E-state index contributed by atoms with van der Waals surface area (Å²) in [5.74, 6) is 0.0622. The topological polar surface area (TPSA) is 61.1 Å². The summed E-state index contributed by atoms with van der Waals surface area (Å²) >= 11 is 0. The number of allylic oxidation sites excluding steroid dienone is 2. The molecular weight excluding hydrogens is 304 g/mol. The van der Waals surface area contributed by atoms with E-state index in [-0.39, 0.29) is 28.4 Å². The molecule has 124 valence electrons. The molecule has 5 nitrogen and oxygen atoms in total. The molecule has 0 saturated carbocycles. The molecule has 24 heavy (non-hydrogen) atoms. The first-order valence-electron chi connectivity index (χ1n) is 8.39. The van der Waals surface area contributed by atoms with Crippen molar-refractivity contribution in [2.24, 2.45) is 5.41 Å². The summed E-state index contributed by atoms with van der Waals surface area (Å²) in [6, 6.07) is 6.55. The Balaban J connectivity index is 2.15. The highest BCUT2D eigenvalue weighted by Gasteiger charge is 2.43. The molecule has 1 aliphatic heterocycles. The maximum atomic E-state index is 13.1. The van der Waals surface area contributed by atoms with Gasteiger partial charge in [-0.1, -0.05) is 32.9 Å². The van der Waals surface area contributed by atoms with Crippen LogP contribution in [0.2, 0.25) is 0 Å². The number of Topliss-reactive ketones (excluding diaryl/α,β-unsaturated/α-hetero) is 1. The third kappa shape index (κ3) is 1.84. The fourth-order valence-electron chi connectivity index (χ4n) is 4.18. The van der Waals surface area contributed by atoms with Gasteiger partial charge in [0.2, 0.25) is 0 Å². The summed E-state index contributed by atoms with van der Waals surface area (Å²) < 4.78 is 2.99. The number of rotatable bonds is 1. The van der Waals surface area contributed by atoms with Gasteiger partial charge < -0.3 is 0 Å². The van der Waals surface area contributed by atoms with Crippen LogP contribution in [0.3, 0.4) is 0 Å². The van der Waals surface area contributed by atoms with Gasteiger partial charge in [-0.25, -0.2) is 9.36 Å². The molecule has 1 aromatic carbocycles. The molecule has 5 heteroatoms. The first-order valence-corrected chi connectivity index (χ1v) is 8.39. The number of nitrogens with zero attached hydrogens (tertiary/aromatic N) is 2. The first-order chi connectivity index (χ1) is 11.4. The fraction of sp³-hybridized carbons (Fsp3) is 0.421. The summed E-state index contributed by atoms with van der Waals surface area (Å²) in [5.41, 5.74) is 0.767. The van der Waals surface area contributed by atoms with E-state index in [0.717, 1.165) is 5.70 Å². The van der Waals surface area contributed by atoms with Crippen molar-refractivity contribution in [3.63, 3.8) is 0 Å². The molecule has 2 aliphatic rings. The molecule has 0 bridgehead atoms. The van der Waals surface area contributed by atoms with Crippen LogP contribution in [0.5, 0.6) is 0 Å². The van der Waals surface area contributed by atoms with E-state index in [2.05, 4.69) is 0 Å². The number of hydrogen-bond donors (Lipinski definition) is 0. The van der Waals surface area contributed by atoms with Gasteiger partial charge in [-0.3, -0.25) is 14.4 Å². The van der Waals surface area contributed by atoms with Gasteiger partial charge in [0.25, 0.3) is 11.1 Å². The Morgan fingerprint density at radius 3 is 2.29 bits per heavy atom. The number of ketones is 1. The zero-order chi connectivity index (χ0) is 17.2. The lowest BCUT2D eigenvalue weighted by Crippen LogP contribution is -2.37. The molecule has 0 saturated heterocycles. The van der Waals surface area contributed by atoms with E-state index in [1.807, 2.05) is 20.8 Å². The molecule has 2 aromatic rings. The van der Waals surface area contributed by atoms with Crippen molar-refractivity contribution < 1.29 is 4.79 Å². The van der Waals surface area contributed by atoms with Crippen molar-refractivity contribution in [1.82, 2.24) is 9.36 Å². The van der Waals surface area contributed by atoms with Gasteiger partial charge in [0, 0.05) is 12.0 Å². The number of carbonyl (C=O) groups excluding carboxylic acids is 1. The molecule has 1 atom stereocenters. The second-order valence-corrected chi connectivity index (χ2v) is 7.54. The Bertz CT molecular complexity index is 1040. The predicted octanol–water partition coefficient (Wildman–Crippen LogP) is 2.73. The van der Waals surface area contributed by atoms with Crippen LogP contribution in [-0.4, -0.2) is 15.1 Å². The number of aromatic nitrogens is 2. The van der Waals surface area contributed by atoms with Gasteiger partial charge in [-0.2, -0.15) is 0 Å². The van der Waals surface area contributed by atoms with Crippen molar-refractivity contribution >= 4 is 22.3 Å². The van der Waals surface area contributed by atoms with E-state index >= 15 is 0 Å². The highest BCUT2D eigenvalue weighted by atomic mass is 16.2. The second kappa shape index (κ2) is 4.79. The van der Waals surface area contributed by atoms with Crippen molar-refractivity contribution in [2.75, 3.05) is 0 Å². The largest absolute Gasteiger partial charge is 0.294 e. The Labute approximate surface area is 139 Å². The van der Waals surface area contributed by atoms with Crippen molar-refractivity contribution in [3.8, 4) is 0 Å². The van der Waals surface area contributed by atoms with Gasteiger partial charge >= 0.3 is 0 Å². The minimum Gasteiger partial charge on any atom is -0.294 e. The number of benzene rings is 1. The first kappa shape index (κ1) is 15.1. The van der Waals surface area contributed by atoms with E-state index in [0.29, 0.717) is 35.6 Å². The van der Waals surface area contributed by atoms with Crippen molar-refractivity contribution in [2.45, 2.75) is 46.1 Å². The molecule has 1 aromatic heterocycles. The third-order valence-corrected chi connectivity index (χ3v) is 5.17. The lowest BCUT2D eigenvalue weighted by molar-refractivity contribution is -0.118.